The second-order valence-corrected chi connectivity index (χ2v) is 5.93. The van der Waals surface area contributed by atoms with Gasteiger partial charge in [0, 0.05) is 24.1 Å². The Kier molecular flexibility index (Phi) is 2.01. The number of pyridine rings is 1. The van der Waals surface area contributed by atoms with E-state index in [1.807, 2.05) is 6.07 Å². The Hall–Kier alpha value is -1.66. The lowest BCUT2D eigenvalue weighted by Crippen LogP contribution is -2.48. The maximum atomic E-state index is 12.0. The van der Waals surface area contributed by atoms with Crippen LogP contribution in [0, 0.1) is 5.41 Å². The van der Waals surface area contributed by atoms with Crippen molar-refractivity contribution in [2.24, 2.45) is 11.1 Å². The quantitative estimate of drug-likeness (QED) is 0.815. The number of methoxy groups -OCH3 is 1. The Morgan fingerprint density at radius 1 is 1.65 bits per heavy atom. The van der Waals surface area contributed by atoms with Gasteiger partial charge >= 0.3 is 0 Å². The van der Waals surface area contributed by atoms with E-state index in [0.29, 0.717) is 18.7 Å². The average molecular weight is 276 g/mol. The molecule has 6 heteroatoms. The number of nitrogens with two attached hydrogens (primary N) is 1. The van der Waals surface area contributed by atoms with E-state index >= 15 is 0 Å². The van der Waals surface area contributed by atoms with Crippen LogP contribution in [-0.4, -0.2) is 35.0 Å². The Labute approximate surface area is 115 Å². The van der Waals surface area contributed by atoms with E-state index in [9.17, 15) is 9.90 Å². The average Bonchev–Trinajstić information content (AvgIpc) is 3.00. The predicted molar refractivity (Wildman–Crippen MR) is 67.8 cm³/mol. The number of rotatable bonds is 3. The monoisotopic (exact) mass is 276 g/mol. The standard InChI is InChI=1S/C14H16N2O4/c1-19-10-6-8(3-5-16-10)12-7-13(12,11(15)17)14(18)4-2-9(12)20-14/h3,5-6,9,18H,2,4,7H2,1H3,(H2,15,17). The van der Waals surface area contributed by atoms with Gasteiger partial charge in [-0.1, -0.05) is 0 Å². The molecule has 1 aliphatic carbocycles. The van der Waals surface area contributed by atoms with Gasteiger partial charge in [0.1, 0.15) is 5.41 Å². The van der Waals surface area contributed by atoms with Gasteiger partial charge in [-0.2, -0.15) is 0 Å². The van der Waals surface area contributed by atoms with Crippen molar-refractivity contribution in [1.29, 1.82) is 0 Å². The van der Waals surface area contributed by atoms with Crippen LogP contribution in [0.5, 0.6) is 5.88 Å². The van der Waals surface area contributed by atoms with Crippen LogP contribution in [0.4, 0.5) is 0 Å². The van der Waals surface area contributed by atoms with Crippen molar-refractivity contribution in [2.45, 2.75) is 36.6 Å². The van der Waals surface area contributed by atoms with Gasteiger partial charge in [-0.15, -0.1) is 0 Å². The summed E-state index contributed by atoms with van der Waals surface area (Å²) in [4.78, 5) is 16.1. The van der Waals surface area contributed by atoms with Gasteiger partial charge in [0.2, 0.25) is 11.8 Å². The van der Waals surface area contributed by atoms with Crippen LogP contribution in [0.1, 0.15) is 24.8 Å². The van der Waals surface area contributed by atoms with Crippen LogP contribution in [0.3, 0.4) is 0 Å². The third-order valence-corrected chi connectivity index (χ3v) is 5.36. The number of aliphatic hydroxyl groups is 1. The fourth-order valence-electron chi connectivity index (χ4n) is 4.42. The summed E-state index contributed by atoms with van der Waals surface area (Å²) in [6, 6.07) is 3.65. The first-order valence-corrected chi connectivity index (χ1v) is 6.71. The zero-order chi connectivity index (χ0) is 14.2. The molecule has 6 nitrogen and oxygen atoms in total. The van der Waals surface area contributed by atoms with Crippen molar-refractivity contribution >= 4 is 5.91 Å². The molecule has 20 heavy (non-hydrogen) atoms. The van der Waals surface area contributed by atoms with Crippen LogP contribution in [0.15, 0.2) is 18.3 Å². The molecule has 4 rings (SSSR count). The van der Waals surface area contributed by atoms with Crippen LogP contribution in [0.25, 0.3) is 0 Å². The van der Waals surface area contributed by atoms with E-state index in [1.165, 1.54) is 0 Å². The number of aromatic nitrogens is 1. The number of ether oxygens (including phenoxy) is 2. The fourth-order valence-corrected chi connectivity index (χ4v) is 4.42. The van der Waals surface area contributed by atoms with Crippen LogP contribution in [0.2, 0.25) is 0 Å². The summed E-state index contributed by atoms with van der Waals surface area (Å²) >= 11 is 0. The Morgan fingerprint density at radius 3 is 3.15 bits per heavy atom. The highest BCUT2D eigenvalue weighted by Gasteiger charge is 2.90. The molecule has 1 saturated carbocycles. The second-order valence-electron chi connectivity index (χ2n) is 5.93. The smallest absolute Gasteiger partial charge is 0.230 e. The second kappa shape index (κ2) is 3.32. The molecule has 3 aliphatic rings. The maximum Gasteiger partial charge on any atom is 0.230 e. The van der Waals surface area contributed by atoms with Gasteiger partial charge < -0.3 is 20.3 Å². The summed E-state index contributed by atoms with van der Waals surface area (Å²) in [5, 5.41) is 10.7. The van der Waals surface area contributed by atoms with E-state index in [-0.39, 0.29) is 6.10 Å². The van der Waals surface area contributed by atoms with Gasteiger partial charge in [0.25, 0.3) is 0 Å². The van der Waals surface area contributed by atoms with E-state index < -0.39 is 22.5 Å². The summed E-state index contributed by atoms with van der Waals surface area (Å²) in [7, 11) is 1.54. The van der Waals surface area contributed by atoms with Gasteiger partial charge in [-0.3, -0.25) is 4.79 Å². The number of hydrogen-bond donors (Lipinski definition) is 2. The number of hydrogen-bond acceptors (Lipinski definition) is 5. The minimum atomic E-state index is -1.42. The summed E-state index contributed by atoms with van der Waals surface area (Å²) in [6.07, 6.45) is 3.19. The molecule has 106 valence electrons. The molecule has 3 fully saturated rings. The van der Waals surface area contributed by atoms with Crippen LogP contribution in [-0.2, 0) is 14.9 Å². The first kappa shape index (κ1) is 12.1. The summed E-state index contributed by atoms with van der Waals surface area (Å²) < 4.78 is 10.9. The molecular weight excluding hydrogens is 260 g/mol. The third-order valence-electron chi connectivity index (χ3n) is 5.36. The normalized spacial score (nSPS) is 44.2. The van der Waals surface area contributed by atoms with E-state index in [2.05, 4.69) is 4.98 Å². The van der Waals surface area contributed by atoms with Crippen molar-refractivity contribution in [3.05, 3.63) is 23.9 Å². The number of amides is 1. The SMILES string of the molecule is COc1cc(C23CC2(C(N)=O)C2(O)CCC3O2)ccn1. The van der Waals surface area contributed by atoms with Crippen molar-refractivity contribution in [3.63, 3.8) is 0 Å². The third kappa shape index (κ3) is 1.02. The molecule has 0 spiro atoms. The molecule has 2 aliphatic heterocycles. The van der Waals surface area contributed by atoms with E-state index in [0.717, 1.165) is 12.0 Å². The Balaban J connectivity index is 1.88. The minimum Gasteiger partial charge on any atom is -0.481 e. The molecule has 4 atom stereocenters. The number of carbonyl (C=O) groups is 1. The molecule has 1 amide bonds. The molecule has 1 aromatic rings. The largest absolute Gasteiger partial charge is 0.481 e. The van der Waals surface area contributed by atoms with Crippen molar-refractivity contribution in [3.8, 4) is 5.88 Å². The van der Waals surface area contributed by atoms with Crippen molar-refractivity contribution < 1.29 is 19.4 Å². The van der Waals surface area contributed by atoms with Gasteiger partial charge in [-0.25, -0.2) is 4.98 Å². The highest BCUT2D eigenvalue weighted by Crippen LogP contribution is 2.80. The lowest BCUT2D eigenvalue weighted by molar-refractivity contribution is -0.203. The molecule has 2 saturated heterocycles. The van der Waals surface area contributed by atoms with Crippen LogP contribution >= 0.6 is 0 Å². The zero-order valence-electron chi connectivity index (χ0n) is 11.1. The summed E-state index contributed by atoms with van der Waals surface area (Å²) in [5.74, 6) is -1.42. The number of nitrogens with zero attached hydrogens (tertiary/aromatic N) is 1. The molecule has 4 unspecified atom stereocenters. The van der Waals surface area contributed by atoms with Gasteiger partial charge in [0.15, 0.2) is 5.79 Å². The molecule has 3 heterocycles. The van der Waals surface area contributed by atoms with Crippen molar-refractivity contribution in [2.75, 3.05) is 7.11 Å². The highest BCUT2D eigenvalue weighted by atomic mass is 16.7. The van der Waals surface area contributed by atoms with Gasteiger partial charge in [-0.05, 0) is 24.5 Å². The van der Waals surface area contributed by atoms with E-state index in [4.69, 9.17) is 15.2 Å². The molecule has 3 N–H and O–H groups in total. The van der Waals surface area contributed by atoms with Crippen molar-refractivity contribution in [1.82, 2.24) is 4.98 Å². The summed E-state index contributed by atoms with van der Waals surface area (Å²) in [6.45, 7) is 0. The molecule has 2 bridgehead atoms. The first-order valence-electron chi connectivity index (χ1n) is 6.71. The topological polar surface area (TPSA) is 94.7 Å². The number of carbonyl (C=O) groups excluding carboxylic acids is 1. The Bertz CT molecular complexity index is 621. The van der Waals surface area contributed by atoms with Crippen LogP contribution < -0.4 is 10.5 Å². The lowest BCUT2D eigenvalue weighted by atomic mass is 9.73. The minimum absolute atomic E-state index is 0.174. The maximum absolute atomic E-state index is 12.0. The lowest BCUT2D eigenvalue weighted by Gasteiger charge is -2.29. The van der Waals surface area contributed by atoms with E-state index in [1.54, 1.807) is 19.4 Å². The predicted octanol–water partition coefficient (Wildman–Crippen LogP) is 0.0846. The number of primary amides is 1. The van der Waals surface area contributed by atoms with Gasteiger partial charge in [0.05, 0.1) is 13.2 Å². The molecule has 0 radical (unpaired) electrons. The number of fused-ring (bicyclic) bond motifs is 5. The first-order chi connectivity index (χ1) is 9.50. The highest BCUT2D eigenvalue weighted by molar-refractivity contribution is 5.90. The molecule has 1 aromatic heterocycles. The fraction of sp³-hybridized carbons (Fsp3) is 0.571. The Morgan fingerprint density at radius 2 is 2.45 bits per heavy atom. The molecular formula is C14H16N2O4. The molecule has 0 aromatic carbocycles. The zero-order valence-corrected chi connectivity index (χ0v) is 11.1. The summed E-state index contributed by atoms with van der Waals surface area (Å²) in [5.41, 5.74) is 4.99.